The normalized spacial score (nSPS) is 13.1. The molecule has 0 saturated heterocycles. The Morgan fingerprint density at radius 3 is 2.39 bits per heavy atom. The van der Waals surface area contributed by atoms with Gasteiger partial charge in [0.25, 0.3) is 0 Å². The number of ether oxygens (including phenoxy) is 2. The van der Waals surface area contributed by atoms with Gasteiger partial charge in [-0.3, -0.25) is 9.69 Å². The lowest BCUT2D eigenvalue weighted by atomic mass is 10.3. The van der Waals surface area contributed by atoms with Crippen molar-refractivity contribution in [3.63, 3.8) is 0 Å². The maximum atomic E-state index is 11.7. The van der Waals surface area contributed by atoms with Crippen LogP contribution in [0.3, 0.4) is 0 Å². The van der Waals surface area contributed by atoms with E-state index in [1.54, 1.807) is 0 Å². The summed E-state index contributed by atoms with van der Waals surface area (Å²) < 4.78 is 11.1. The molecule has 6 heteroatoms. The monoisotopic (exact) mass is 331 g/mol. The molecule has 1 atom stereocenters. The van der Waals surface area contributed by atoms with Gasteiger partial charge < -0.3 is 19.7 Å². The van der Waals surface area contributed by atoms with Gasteiger partial charge in [0.15, 0.2) is 0 Å². The lowest BCUT2D eigenvalue weighted by Crippen LogP contribution is -2.41. The highest BCUT2D eigenvalue weighted by Crippen LogP contribution is 1.95. The van der Waals surface area contributed by atoms with E-state index in [-0.39, 0.29) is 5.91 Å². The maximum absolute atomic E-state index is 11.7. The molecule has 0 aliphatic heterocycles. The number of nitrogens with one attached hydrogen (secondary N) is 1. The third kappa shape index (κ3) is 13.4. The first-order valence-electron chi connectivity index (χ1n) is 8.71. The van der Waals surface area contributed by atoms with Gasteiger partial charge in [-0.1, -0.05) is 6.92 Å². The van der Waals surface area contributed by atoms with Gasteiger partial charge in [0.2, 0.25) is 5.91 Å². The molecule has 6 nitrogen and oxygen atoms in total. The van der Waals surface area contributed by atoms with Crippen molar-refractivity contribution < 1.29 is 14.3 Å². The number of amides is 1. The first-order chi connectivity index (χ1) is 10.9. The molecule has 0 aliphatic carbocycles. The summed E-state index contributed by atoms with van der Waals surface area (Å²) in [7, 11) is 3.99. The number of carbonyl (C=O) groups excluding carboxylic acids is 1. The highest BCUT2D eigenvalue weighted by atomic mass is 16.5. The molecule has 0 aliphatic rings. The second-order valence-corrected chi connectivity index (χ2v) is 6.36. The standard InChI is InChI=1S/C17H37N3O3/c1-7-16(4)23-13-12-22-11-10-19(5)9-8-18-17(21)14-20(6)15(2)3/h15-16H,7-14H2,1-6H3,(H,18,21). The maximum Gasteiger partial charge on any atom is 0.234 e. The zero-order chi connectivity index (χ0) is 17.7. The van der Waals surface area contributed by atoms with Crippen molar-refractivity contribution in [1.82, 2.24) is 15.1 Å². The highest BCUT2D eigenvalue weighted by Gasteiger charge is 2.08. The van der Waals surface area contributed by atoms with Crippen LogP contribution < -0.4 is 5.32 Å². The predicted molar refractivity (Wildman–Crippen MR) is 94.8 cm³/mol. The molecule has 0 heterocycles. The van der Waals surface area contributed by atoms with E-state index in [2.05, 4.69) is 37.9 Å². The second kappa shape index (κ2) is 13.7. The van der Waals surface area contributed by atoms with Crippen molar-refractivity contribution in [2.45, 2.75) is 46.3 Å². The van der Waals surface area contributed by atoms with Gasteiger partial charge in [0.05, 0.1) is 32.5 Å². The SMILES string of the molecule is CCC(C)OCCOCCN(C)CCNC(=O)CN(C)C(C)C. The van der Waals surface area contributed by atoms with Crippen LogP contribution in [0, 0.1) is 0 Å². The summed E-state index contributed by atoms with van der Waals surface area (Å²) in [5.74, 6) is 0.0769. The summed E-state index contributed by atoms with van der Waals surface area (Å²) in [6.45, 7) is 13.1. The summed E-state index contributed by atoms with van der Waals surface area (Å²) >= 11 is 0. The average molecular weight is 332 g/mol. The fourth-order valence-electron chi connectivity index (χ4n) is 1.71. The smallest absolute Gasteiger partial charge is 0.234 e. The minimum atomic E-state index is 0.0769. The van der Waals surface area contributed by atoms with E-state index in [1.807, 2.05) is 19.0 Å². The highest BCUT2D eigenvalue weighted by molar-refractivity contribution is 5.77. The fourth-order valence-corrected chi connectivity index (χ4v) is 1.71. The van der Waals surface area contributed by atoms with E-state index in [0.717, 1.165) is 19.5 Å². The first kappa shape index (κ1) is 22.3. The van der Waals surface area contributed by atoms with Crippen molar-refractivity contribution in [2.24, 2.45) is 0 Å². The van der Waals surface area contributed by atoms with Crippen LogP contribution in [0.1, 0.15) is 34.1 Å². The molecule has 0 spiro atoms. The molecule has 0 saturated carbocycles. The Hall–Kier alpha value is -0.690. The van der Waals surface area contributed by atoms with Gasteiger partial charge in [-0.2, -0.15) is 0 Å². The van der Waals surface area contributed by atoms with Crippen molar-refractivity contribution in [3.05, 3.63) is 0 Å². The summed E-state index contributed by atoms with van der Waals surface area (Å²) in [6.07, 6.45) is 1.33. The Kier molecular flexibility index (Phi) is 13.3. The summed E-state index contributed by atoms with van der Waals surface area (Å²) in [6, 6.07) is 0.380. The van der Waals surface area contributed by atoms with Crippen molar-refractivity contribution >= 4 is 5.91 Å². The number of carbonyl (C=O) groups is 1. The molecule has 23 heavy (non-hydrogen) atoms. The van der Waals surface area contributed by atoms with Gasteiger partial charge in [-0.25, -0.2) is 0 Å². The molecule has 0 bridgehead atoms. The Labute approximate surface area is 142 Å². The Morgan fingerprint density at radius 2 is 1.78 bits per heavy atom. The van der Waals surface area contributed by atoms with E-state index in [1.165, 1.54) is 0 Å². The summed E-state index contributed by atoms with van der Waals surface area (Å²) in [4.78, 5) is 15.9. The molecular formula is C17H37N3O3. The second-order valence-electron chi connectivity index (χ2n) is 6.36. The number of hydrogen-bond donors (Lipinski definition) is 1. The van der Waals surface area contributed by atoms with Crippen LogP contribution in [-0.4, -0.2) is 87.9 Å². The van der Waals surface area contributed by atoms with Crippen LogP contribution in [0.15, 0.2) is 0 Å². The Bertz CT molecular complexity index is 301. The van der Waals surface area contributed by atoms with E-state index in [9.17, 15) is 4.79 Å². The number of rotatable bonds is 14. The zero-order valence-corrected chi connectivity index (χ0v) is 15.9. The molecular weight excluding hydrogens is 294 g/mol. The number of hydrogen-bond acceptors (Lipinski definition) is 5. The molecule has 0 fully saturated rings. The molecule has 0 radical (unpaired) electrons. The number of likely N-dealkylation sites (N-methyl/N-ethyl adjacent to an activating group) is 2. The molecule has 1 N–H and O–H groups in total. The van der Waals surface area contributed by atoms with Gasteiger partial charge in [-0.15, -0.1) is 0 Å². The first-order valence-corrected chi connectivity index (χ1v) is 8.71. The summed E-state index contributed by atoms with van der Waals surface area (Å²) in [5, 5.41) is 2.95. The molecule has 138 valence electrons. The van der Waals surface area contributed by atoms with Crippen LogP contribution in [0.5, 0.6) is 0 Å². The van der Waals surface area contributed by atoms with Gasteiger partial charge in [0, 0.05) is 25.7 Å². The molecule has 1 unspecified atom stereocenters. The van der Waals surface area contributed by atoms with Crippen molar-refractivity contribution in [1.29, 1.82) is 0 Å². The quantitative estimate of drug-likeness (QED) is 0.485. The minimum Gasteiger partial charge on any atom is -0.378 e. The fraction of sp³-hybridized carbons (Fsp3) is 0.941. The van der Waals surface area contributed by atoms with Gasteiger partial charge >= 0.3 is 0 Å². The van der Waals surface area contributed by atoms with Crippen LogP contribution in [0.2, 0.25) is 0 Å². The van der Waals surface area contributed by atoms with Crippen LogP contribution in [0.4, 0.5) is 0 Å². The molecule has 0 rings (SSSR count). The third-order valence-corrected chi connectivity index (χ3v) is 3.91. The largest absolute Gasteiger partial charge is 0.378 e. The van der Waals surface area contributed by atoms with E-state index in [4.69, 9.17) is 9.47 Å². The molecule has 0 aromatic heterocycles. The number of nitrogens with zero attached hydrogens (tertiary/aromatic N) is 2. The van der Waals surface area contributed by atoms with Crippen molar-refractivity contribution in [2.75, 3.05) is 60.1 Å². The van der Waals surface area contributed by atoms with E-state index >= 15 is 0 Å². The third-order valence-electron chi connectivity index (χ3n) is 3.91. The van der Waals surface area contributed by atoms with E-state index < -0.39 is 0 Å². The molecule has 0 aromatic carbocycles. The average Bonchev–Trinajstić information content (AvgIpc) is 2.50. The summed E-state index contributed by atoms with van der Waals surface area (Å²) in [5.41, 5.74) is 0. The van der Waals surface area contributed by atoms with E-state index in [0.29, 0.717) is 45.1 Å². The minimum absolute atomic E-state index is 0.0769. The Morgan fingerprint density at radius 1 is 1.09 bits per heavy atom. The topological polar surface area (TPSA) is 54.0 Å². The van der Waals surface area contributed by atoms with Gasteiger partial charge in [-0.05, 0) is 41.3 Å². The lowest BCUT2D eigenvalue weighted by Gasteiger charge is -2.21. The molecule has 0 aromatic rings. The zero-order valence-electron chi connectivity index (χ0n) is 15.9. The van der Waals surface area contributed by atoms with Crippen LogP contribution in [0.25, 0.3) is 0 Å². The Balaban J connectivity index is 3.50. The van der Waals surface area contributed by atoms with Crippen molar-refractivity contribution in [3.8, 4) is 0 Å². The molecule has 1 amide bonds. The van der Waals surface area contributed by atoms with Crippen LogP contribution >= 0.6 is 0 Å². The predicted octanol–water partition coefficient (Wildman–Crippen LogP) is 1.21. The lowest BCUT2D eigenvalue weighted by molar-refractivity contribution is -0.122. The van der Waals surface area contributed by atoms with Crippen LogP contribution in [-0.2, 0) is 14.3 Å². The van der Waals surface area contributed by atoms with Gasteiger partial charge in [0.1, 0.15) is 0 Å².